The highest BCUT2D eigenvalue weighted by Gasteiger charge is 2.12. The van der Waals surface area contributed by atoms with Gasteiger partial charge in [-0.05, 0) is 24.3 Å². The van der Waals surface area contributed by atoms with Crippen LogP contribution < -0.4 is 9.88 Å². The van der Waals surface area contributed by atoms with Gasteiger partial charge in [-0.1, -0.05) is 30.3 Å². The van der Waals surface area contributed by atoms with Crippen molar-refractivity contribution in [2.24, 2.45) is 0 Å². The monoisotopic (exact) mass is 263 g/mol. The zero-order valence-electron chi connectivity index (χ0n) is 11.0. The molecule has 3 rings (SSSR count). The molecule has 1 heterocycles. The lowest BCUT2D eigenvalue weighted by Gasteiger charge is -2.04. The molecule has 0 saturated heterocycles. The van der Waals surface area contributed by atoms with Crippen LogP contribution in [-0.4, -0.2) is 5.91 Å². The Labute approximate surface area is 117 Å². The Morgan fingerprint density at radius 1 is 0.900 bits per heavy atom. The Hall–Kier alpha value is -2.68. The molecular formula is C17H15N2O+. The van der Waals surface area contributed by atoms with Crippen LogP contribution in [0.15, 0.2) is 72.9 Å². The fraction of sp³-hybridized carbons (Fsp3) is 0.0588. The molecule has 0 radical (unpaired) electrons. The zero-order chi connectivity index (χ0) is 13.8. The number of nitrogens with one attached hydrogen (secondary N) is 1. The maximum Gasteiger partial charge on any atom is 0.290 e. The smallest absolute Gasteiger partial charge is 0.290 e. The highest BCUT2D eigenvalue weighted by molar-refractivity contribution is 5.89. The lowest BCUT2D eigenvalue weighted by molar-refractivity contribution is -0.658. The van der Waals surface area contributed by atoms with Gasteiger partial charge in [0, 0.05) is 23.2 Å². The number of nitrogens with zero attached hydrogens (tertiary/aromatic N) is 1. The SMILES string of the molecule is O=C(C[n+]1cccc2ccccc21)Nc1ccccc1. The highest BCUT2D eigenvalue weighted by Crippen LogP contribution is 2.08. The third-order valence-corrected chi connectivity index (χ3v) is 3.16. The van der Waals surface area contributed by atoms with Crippen molar-refractivity contribution in [2.75, 3.05) is 5.32 Å². The summed E-state index contributed by atoms with van der Waals surface area (Å²) < 4.78 is 1.95. The molecule has 0 saturated carbocycles. The van der Waals surface area contributed by atoms with Crippen molar-refractivity contribution < 1.29 is 9.36 Å². The van der Waals surface area contributed by atoms with Crippen molar-refractivity contribution in [3.05, 3.63) is 72.9 Å². The number of amides is 1. The molecule has 1 amide bonds. The van der Waals surface area contributed by atoms with Crippen molar-refractivity contribution in [1.82, 2.24) is 0 Å². The van der Waals surface area contributed by atoms with E-state index in [-0.39, 0.29) is 5.91 Å². The molecule has 3 aromatic rings. The first-order chi connectivity index (χ1) is 9.83. The Morgan fingerprint density at radius 2 is 1.60 bits per heavy atom. The second-order valence-electron chi connectivity index (χ2n) is 4.61. The van der Waals surface area contributed by atoms with Gasteiger partial charge in [0.15, 0.2) is 6.20 Å². The molecule has 1 N–H and O–H groups in total. The van der Waals surface area contributed by atoms with Crippen LogP contribution in [-0.2, 0) is 11.3 Å². The molecule has 0 fully saturated rings. The fourth-order valence-corrected chi connectivity index (χ4v) is 2.24. The topological polar surface area (TPSA) is 33.0 Å². The lowest BCUT2D eigenvalue weighted by atomic mass is 10.2. The second-order valence-corrected chi connectivity index (χ2v) is 4.61. The summed E-state index contributed by atoms with van der Waals surface area (Å²) in [5.74, 6) is -0.0300. The molecule has 0 aliphatic carbocycles. The predicted molar refractivity (Wildman–Crippen MR) is 79.2 cm³/mol. The van der Waals surface area contributed by atoms with Gasteiger partial charge in [-0.15, -0.1) is 0 Å². The number of rotatable bonds is 3. The van der Waals surface area contributed by atoms with Crippen LogP contribution in [0.4, 0.5) is 5.69 Å². The highest BCUT2D eigenvalue weighted by atomic mass is 16.1. The van der Waals surface area contributed by atoms with E-state index < -0.39 is 0 Å². The number of anilines is 1. The molecule has 0 bridgehead atoms. The summed E-state index contributed by atoms with van der Waals surface area (Å²) in [6.07, 6.45) is 1.92. The van der Waals surface area contributed by atoms with Gasteiger partial charge < -0.3 is 5.32 Å². The quantitative estimate of drug-likeness (QED) is 0.724. The first-order valence-corrected chi connectivity index (χ1v) is 6.55. The Kier molecular flexibility index (Phi) is 3.42. The Morgan fingerprint density at radius 3 is 2.45 bits per heavy atom. The summed E-state index contributed by atoms with van der Waals surface area (Å²) >= 11 is 0. The molecule has 0 aliphatic heterocycles. The van der Waals surface area contributed by atoms with Crippen molar-refractivity contribution in [3.63, 3.8) is 0 Å². The van der Waals surface area contributed by atoms with E-state index in [9.17, 15) is 4.79 Å². The summed E-state index contributed by atoms with van der Waals surface area (Å²) in [5.41, 5.74) is 1.87. The van der Waals surface area contributed by atoms with Gasteiger partial charge in [0.25, 0.3) is 5.91 Å². The number of pyridine rings is 1. The van der Waals surface area contributed by atoms with E-state index in [1.165, 1.54) is 0 Å². The summed E-state index contributed by atoms with van der Waals surface area (Å²) in [7, 11) is 0. The minimum Gasteiger partial charge on any atom is -0.321 e. The lowest BCUT2D eigenvalue weighted by Crippen LogP contribution is -2.40. The number of aromatic nitrogens is 1. The summed E-state index contributed by atoms with van der Waals surface area (Å²) in [4.78, 5) is 12.1. The summed E-state index contributed by atoms with van der Waals surface area (Å²) in [6.45, 7) is 0.302. The normalized spacial score (nSPS) is 10.4. The maximum atomic E-state index is 12.1. The van der Waals surface area contributed by atoms with Gasteiger partial charge in [0.2, 0.25) is 12.1 Å². The molecule has 1 aromatic heterocycles. The zero-order valence-corrected chi connectivity index (χ0v) is 11.0. The van der Waals surface area contributed by atoms with E-state index in [0.29, 0.717) is 6.54 Å². The minimum absolute atomic E-state index is 0.0300. The number of carbonyl (C=O) groups excluding carboxylic acids is 1. The first kappa shape index (κ1) is 12.4. The number of hydrogen-bond donors (Lipinski definition) is 1. The van der Waals surface area contributed by atoms with Crippen LogP contribution >= 0.6 is 0 Å². The van der Waals surface area contributed by atoms with Crippen LogP contribution in [0.1, 0.15) is 0 Å². The van der Waals surface area contributed by atoms with Crippen molar-refractivity contribution in [1.29, 1.82) is 0 Å². The molecule has 98 valence electrons. The van der Waals surface area contributed by atoms with Crippen LogP contribution in [0, 0.1) is 0 Å². The Bertz CT molecular complexity index is 733. The standard InChI is InChI=1S/C17H14N2O/c20-17(18-15-9-2-1-3-10-15)13-19-12-6-8-14-7-4-5-11-16(14)19/h1-12H,13H2/p+1. The average Bonchev–Trinajstić information content (AvgIpc) is 2.48. The molecule has 20 heavy (non-hydrogen) atoms. The molecule has 3 heteroatoms. The average molecular weight is 263 g/mol. The van der Waals surface area contributed by atoms with Crippen molar-refractivity contribution in [2.45, 2.75) is 6.54 Å². The van der Waals surface area contributed by atoms with Crippen LogP contribution in [0.5, 0.6) is 0 Å². The third-order valence-electron chi connectivity index (χ3n) is 3.16. The summed E-state index contributed by atoms with van der Waals surface area (Å²) in [6, 6.07) is 21.5. The number of benzene rings is 2. The van der Waals surface area contributed by atoms with Crippen LogP contribution in [0.3, 0.4) is 0 Å². The van der Waals surface area contributed by atoms with Gasteiger partial charge in [-0.2, -0.15) is 4.57 Å². The largest absolute Gasteiger partial charge is 0.321 e. The second kappa shape index (κ2) is 5.53. The van der Waals surface area contributed by atoms with E-state index in [1.54, 1.807) is 0 Å². The Balaban J connectivity index is 1.81. The fourth-order valence-electron chi connectivity index (χ4n) is 2.24. The van der Waals surface area contributed by atoms with Crippen LogP contribution in [0.2, 0.25) is 0 Å². The van der Waals surface area contributed by atoms with Crippen LogP contribution in [0.25, 0.3) is 10.9 Å². The van der Waals surface area contributed by atoms with E-state index in [4.69, 9.17) is 0 Å². The number of para-hydroxylation sites is 2. The third kappa shape index (κ3) is 2.67. The van der Waals surface area contributed by atoms with E-state index >= 15 is 0 Å². The van der Waals surface area contributed by atoms with Gasteiger partial charge in [0.1, 0.15) is 0 Å². The molecule has 2 aromatic carbocycles. The maximum absolute atomic E-state index is 12.1. The van der Waals surface area contributed by atoms with E-state index in [1.807, 2.05) is 77.5 Å². The van der Waals surface area contributed by atoms with Gasteiger partial charge in [0.05, 0.1) is 0 Å². The molecular weight excluding hydrogens is 248 g/mol. The van der Waals surface area contributed by atoms with Gasteiger partial charge in [-0.25, -0.2) is 0 Å². The van der Waals surface area contributed by atoms with Gasteiger partial charge >= 0.3 is 0 Å². The molecule has 3 nitrogen and oxygen atoms in total. The molecule has 0 spiro atoms. The van der Waals surface area contributed by atoms with E-state index in [0.717, 1.165) is 16.6 Å². The number of carbonyl (C=O) groups is 1. The van der Waals surface area contributed by atoms with Gasteiger partial charge in [-0.3, -0.25) is 4.79 Å². The predicted octanol–water partition coefficient (Wildman–Crippen LogP) is 2.77. The van der Waals surface area contributed by atoms with Crippen molar-refractivity contribution >= 4 is 22.5 Å². The summed E-state index contributed by atoms with van der Waals surface area (Å²) in [5, 5.41) is 4.02. The molecule has 0 aliphatic rings. The minimum atomic E-state index is -0.0300. The molecule has 0 unspecified atom stereocenters. The van der Waals surface area contributed by atoms with Crippen molar-refractivity contribution in [3.8, 4) is 0 Å². The number of hydrogen-bond acceptors (Lipinski definition) is 1. The van der Waals surface area contributed by atoms with E-state index in [2.05, 4.69) is 5.32 Å². The number of fused-ring (bicyclic) bond motifs is 1. The molecule has 0 atom stereocenters. The first-order valence-electron chi connectivity index (χ1n) is 6.55.